The van der Waals surface area contributed by atoms with E-state index in [0.717, 1.165) is 30.9 Å². The molecule has 0 bridgehead atoms. The molecule has 0 aromatic heterocycles. The van der Waals surface area contributed by atoms with E-state index in [1.807, 2.05) is 18.2 Å². The zero-order valence-electron chi connectivity index (χ0n) is 11.5. The molecular formula is C16H16N2O3. The van der Waals surface area contributed by atoms with E-state index in [9.17, 15) is 10.1 Å². The Labute approximate surface area is 122 Å². The van der Waals surface area contributed by atoms with Crippen molar-refractivity contribution in [2.24, 2.45) is 0 Å². The minimum atomic E-state index is -0.371. The lowest BCUT2D eigenvalue weighted by Crippen LogP contribution is -2.12. The molecule has 5 nitrogen and oxygen atoms in total. The Morgan fingerprint density at radius 2 is 1.95 bits per heavy atom. The lowest BCUT2D eigenvalue weighted by atomic mass is 10.1. The van der Waals surface area contributed by atoms with Gasteiger partial charge in [-0.3, -0.25) is 10.1 Å². The third-order valence-electron chi connectivity index (χ3n) is 3.53. The predicted molar refractivity (Wildman–Crippen MR) is 79.3 cm³/mol. The molecule has 0 spiro atoms. The fourth-order valence-electron chi connectivity index (χ4n) is 2.48. The van der Waals surface area contributed by atoms with Crippen molar-refractivity contribution in [3.05, 3.63) is 69.3 Å². The van der Waals surface area contributed by atoms with Crippen molar-refractivity contribution in [1.82, 2.24) is 5.32 Å². The van der Waals surface area contributed by atoms with E-state index in [1.165, 1.54) is 17.2 Å². The highest BCUT2D eigenvalue weighted by atomic mass is 16.6. The SMILES string of the molecule is O=[N+]([O-])c1cccc(CNCc2ccc3c(c2)CCO3)c1. The zero-order valence-corrected chi connectivity index (χ0v) is 11.5. The quantitative estimate of drug-likeness (QED) is 0.677. The number of non-ortho nitro benzene ring substituents is 1. The molecule has 108 valence electrons. The zero-order chi connectivity index (χ0) is 14.7. The average molecular weight is 284 g/mol. The molecule has 0 aliphatic carbocycles. The van der Waals surface area contributed by atoms with E-state index in [0.29, 0.717) is 6.54 Å². The maximum absolute atomic E-state index is 10.7. The van der Waals surface area contributed by atoms with E-state index >= 15 is 0 Å². The summed E-state index contributed by atoms with van der Waals surface area (Å²) in [6, 6.07) is 12.9. The summed E-state index contributed by atoms with van der Waals surface area (Å²) in [5.41, 5.74) is 3.49. The number of ether oxygens (including phenoxy) is 1. The summed E-state index contributed by atoms with van der Waals surface area (Å²) in [4.78, 5) is 10.4. The fourth-order valence-corrected chi connectivity index (χ4v) is 2.48. The van der Waals surface area contributed by atoms with Gasteiger partial charge in [0.1, 0.15) is 5.75 Å². The van der Waals surface area contributed by atoms with E-state index in [4.69, 9.17) is 4.74 Å². The average Bonchev–Trinajstić information content (AvgIpc) is 2.95. The smallest absolute Gasteiger partial charge is 0.269 e. The van der Waals surface area contributed by atoms with Crippen molar-refractivity contribution < 1.29 is 9.66 Å². The normalized spacial score (nSPS) is 12.8. The molecule has 2 aromatic rings. The number of nitro benzene ring substituents is 1. The summed E-state index contributed by atoms with van der Waals surface area (Å²) in [7, 11) is 0. The van der Waals surface area contributed by atoms with Crippen LogP contribution in [0.25, 0.3) is 0 Å². The summed E-state index contributed by atoms with van der Waals surface area (Å²) in [5.74, 6) is 0.984. The van der Waals surface area contributed by atoms with Crippen molar-refractivity contribution in [3.63, 3.8) is 0 Å². The van der Waals surface area contributed by atoms with Gasteiger partial charge in [0.2, 0.25) is 0 Å². The Hall–Kier alpha value is -2.40. The van der Waals surface area contributed by atoms with E-state index in [1.54, 1.807) is 12.1 Å². The van der Waals surface area contributed by atoms with Gasteiger partial charge in [0.15, 0.2) is 0 Å². The lowest BCUT2D eigenvalue weighted by Gasteiger charge is -2.07. The van der Waals surface area contributed by atoms with Gasteiger partial charge in [0, 0.05) is 31.6 Å². The predicted octanol–water partition coefficient (Wildman–Crippen LogP) is 2.82. The molecule has 0 saturated carbocycles. The van der Waals surface area contributed by atoms with Crippen molar-refractivity contribution in [1.29, 1.82) is 0 Å². The van der Waals surface area contributed by atoms with Gasteiger partial charge in [-0.15, -0.1) is 0 Å². The first-order chi connectivity index (χ1) is 10.2. The van der Waals surface area contributed by atoms with Crippen LogP contribution in [0.15, 0.2) is 42.5 Å². The summed E-state index contributed by atoms with van der Waals surface area (Å²) >= 11 is 0. The Kier molecular flexibility index (Phi) is 3.83. The highest BCUT2D eigenvalue weighted by Crippen LogP contribution is 2.25. The molecule has 1 aliphatic heterocycles. The van der Waals surface area contributed by atoms with Crippen molar-refractivity contribution >= 4 is 5.69 Å². The Morgan fingerprint density at radius 3 is 2.76 bits per heavy atom. The van der Waals surface area contributed by atoms with Crippen LogP contribution in [-0.2, 0) is 19.5 Å². The van der Waals surface area contributed by atoms with Gasteiger partial charge in [0.25, 0.3) is 5.69 Å². The van der Waals surface area contributed by atoms with Crippen LogP contribution in [0.5, 0.6) is 5.75 Å². The number of fused-ring (bicyclic) bond motifs is 1. The largest absolute Gasteiger partial charge is 0.493 e. The molecule has 2 aromatic carbocycles. The summed E-state index contributed by atoms with van der Waals surface area (Å²) in [5, 5.41) is 14.0. The van der Waals surface area contributed by atoms with Crippen molar-refractivity contribution in [2.75, 3.05) is 6.61 Å². The molecule has 0 saturated heterocycles. The minimum Gasteiger partial charge on any atom is -0.493 e. The van der Waals surface area contributed by atoms with Gasteiger partial charge in [-0.25, -0.2) is 0 Å². The van der Waals surface area contributed by atoms with Crippen LogP contribution in [-0.4, -0.2) is 11.5 Å². The fraction of sp³-hybridized carbons (Fsp3) is 0.250. The minimum absolute atomic E-state index is 0.129. The van der Waals surface area contributed by atoms with Crippen LogP contribution in [0.4, 0.5) is 5.69 Å². The lowest BCUT2D eigenvalue weighted by molar-refractivity contribution is -0.384. The van der Waals surface area contributed by atoms with E-state index < -0.39 is 0 Å². The second kappa shape index (κ2) is 5.93. The van der Waals surface area contributed by atoms with Crippen molar-refractivity contribution in [3.8, 4) is 5.75 Å². The molecule has 0 radical (unpaired) electrons. The standard InChI is InChI=1S/C16H16N2O3/c19-18(20)15-3-1-2-12(9-15)10-17-11-13-4-5-16-14(8-13)6-7-21-16/h1-5,8-9,17H,6-7,10-11H2. The molecule has 3 rings (SSSR count). The van der Waals surface area contributed by atoms with Gasteiger partial charge in [-0.05, 0) is 22.8 Å². The number of nitro groups is 1. The molecule has 1 heterocycles. The number of hydrogen-bond acceptors (Lipinski definition) is 4. The third-order valence-corrected chi connectivity index (χ3v) is 3.53. The van der Waals surface area contributed by atoms with Gasteiger partial charge < -0.3 is 10.1 Å². The summed E-state index contributed by atoms with van der Waals surface area (Å²) in [6.45, 7) is 2.10. The maximum atomic E-state index is 10.7. The molecule has 0 amide bonds. The topological polar surface area (TPSA) is 64.4 Å². The van der Waals surface area contributed by atoms with Gasteiger partial charge in [-0.1, -0.05) is 24.3 Å². The van der Waals surface area contributed by atoms with Crippen LogP contribution in [0.1, 0.15) is 16.7 Å². The molecule has 1 N–H and O–H groups in total. The highest BCUT2D eigenvalue weighted by Gasteiger charge is 2.11. The number of rotatable bonds is 5. The summed E-state index contributed by atoms with van der Waals surface area (Å²) < 4.78 is 5.48. The monoisotopic (exact) mass is 284 g/mol. The molecule has 5 heteroatoms. The molecule has 0 fully saturated rings. The molecule has 1 aliphatic rings. The Morgan fingerprint density at radius 1 is 1.14 bits per heavy atom. The first-order valence-corrected chi connectivity index (χ1v) is 6.91. The summed E-state index contributed by atoms with van der Waals surface area (Å²) in [6.07, 6.45) is 0.966. The molecule has 0 atom stereocenters. The first-order valence-electron chi connectivity index (χ1n) is 6.91. The number of nitrogens with one attached hydrogen (secondary N) is 1. The van der Waals surface area contributed by atoms with Gasteiger partial charge >= 0.3 is 0 Å². The van der Waals surface area contributed by atoms with Gasteiger partial charge in [0.05, 0.1) is 11.5 Å². The number of hydrogen-bond donors (Lipinski definition) is 1. The Bertz CT molecular complexity index is 670. The number of nitrogens with zero attached hydrogens (tertiary/aromatic N) is 1. The Balaban J connectivity index is 1.59. The molecule has 21 heavy (non-hydrogen) atoms. The third kappa shape index (κ3) is 3.20. The number of benzene rings is 2. The van der Waals surface area contributed by atoms with E-state index in [2.05, 4.69) is 11.4 Å². The van der Waals surface area contributed by atoms with Crippen molar-refractivity contribution in [2.45, 2.75) is 19.5 Å². The van der Waals surface area contributed by atoms with Crippen LogP contribution in [0, 0.1) is 10.1 Å². The second-order valence-corrected chi connectivity index (χ2v) is 5.07. The molecular weight excluding hydrogens is 268 g/mol. The maximum Gasteiger partial charge on any atom is 0.269 e. The van der Waals surface area contributed by atoms with Crippen LogP contribution in [0.2, 0.25) is 0 Å². The van der Waals surface area contributed by atoms with Crippen LogP contribution < -0.4 is 10.1 Å². The van der Waals surface area contributed by atoms with Crippen LogP contribution >= 0.6 is 0 Å². The molecule has 0 unspecified atom stereocenters. The van der Waals surface area contributed by atoms with E-state index in [-0.39, 0.29) is 10.6 Å². The highest BCUT2D eigenvalue weighted by molar-refractivity contribution is 5.40. The van der Waals surface area contributed by atoms with Crippen LogP contribution in [0.3, 0.4) is 0 Å². The first kappa shape index (κ1) is 13.6. The second-order valence-electron chi connectivity index (χ2n) is 5.07. The van der Waals surface area contributed by atoms with Gasteiger partial charge in [-0.2, -0.15) is 0 Å².